The predicted molar refractivity (Wildman–Crippen MR) is 121 cm³/mol. The molecule has 7 heteroatoms. The smallest absolute Gasteiger partial charge is 0.190 e. The monoisotopic (exact) mass is 484 g/mol. The number of hydrogen-bond donors (Lipinski definition) is 2. The van der Waals surface area contributed by atoms with Crippen molar-refractivity contribution < 1.29 is 9.47 Å². The summed E-state index contributed by atoms with van der Waals surface area (Å²) in [6.07, 6.45) is 4.78. The van der Waals surface area contributed by atoms with Crippen LogP contribution in [0.25, 0.3) is 0 Å². The molecule has 0 spiro atoms. The van der Waals surface area contributed by atoms with Crippen molar-refractivity contribution in [1.82, 2.24) is 15.5 Å². The zero-order valence-electron chi connectivity index (χ0n) is 17.3. The predicted octanol–water partition coefficient (Wildman–Crippen LogP) is 2.58. The quantitative estimate of drug-likeness (QED) is 0.193. The van der Waals surface area contributed by atoms with E-state index in [0.29, 0.717) is 13.2 Å². The Morgan fingerprint density at radius 1 is 1.00 bits per heavy atom. The van der Waals surface area contributed by atoms with Gasteiger partial charge in [0.15, 0.2) is 5.96 Å². The maximum absolute atomic E-state index is 5.45. The standard InChI is InChI=1S/C19H40N4O2.HI/c1-17-14-18(2)16-23(15-17)10-6-5-8-21-19(20-3)22-9-7-11-25-13-12-24-4;/h17-18H,5-16H2,1-4H3,(H2,20,21,22);1H. The number of nitrogens with zero attached hydrogens (tertiary/aromatic N) is 2. The van der Waals surface area contributed by atoms with E-state index in [2.05, 4.69) is 34.4 Å². The third-order valence-electron chi connectivity index (χ3n) is 4.55. The Morgan fingerprint density at radius 3 is 2.27 bits per heavy atom. The van der Waals surface area contributed by atoms with E-state index in [1.54, 1.807) is 7.11 Å². The number of nitrogens with one attached hydrogen (secondary N) is 2. The number of unbranched alkanes of at least 4 members (excludes halogenated alkanes) is 1. The van der Waals surface area contributed by atoms with E-state index >= 15 is 0 Å². The lowest BCUT2D eigenvalue weighted by molar-refractivity contribution is 0.0698. The fourth-order valence-electron chi connectivity index (χ4n) is 3.49. The van der Waals surface area contributed by atoms with Crippen molar-refractivity contribution in [1.29, 1.82) is 0 Å². The second kappa shape index (κ2) is 17.0. The Morgan fingerprint density at radius 2 is 1.65 bits per heavy atom. The molecule has 1 aliphatic heterocycles. The van der Waals surface area contributed by atoms with Gasteiger partial charge in [0.1, 0.15) is 0 Å². The van der Waals surface area contributed by atoms with E-state index in [-0.39, 0.29) is 24.0 Å². The van der Waals surface area contributed by atoms with Crippen LogP contribution in [0.5, 0.6) is 0 Å². The van der Waals surface area contributed by atoms with Gasteiger partial charge in [-0.3, -0.25) is 4.99 Å². The van der Waals surface area contributed by atoms with E-state index in [0.717, 1.165) is 43.9 Å². The van der Waals surface area contributed by atoms with Gasteiger partial charge in [0.25, 0.3) is 0 Å². The summed E-state index contributed by atoms with van der Waals surface area (Å²) in [4.78, 5) is 6.90. The minimum Gasteiger partial charge on any atom is -0.382 e. The number of ether oxygens (including phenoxy) is 2. The molecule has 2 atom stereocenters. The lowest BCUT2D eigenvalue weighted by Crippen LogP contribution is -2.40. The molecule has 0 saturated carbocycles. The molecule has 0 aliphatic carbocycles. The summed E-state index contributed by atoms with van der Waals surface area (Å²) in [6, 6.07) is 0. The van der Waals surface area contributed by atoms with Crippen molar-refractivity contribution in [3.05, 3.63) is 0 Å². The minimum atomic E-state index is 0. The number of rotatable bonds is 12. The lowest BCUT2D eigenvalue weighted by Gasteiger charge is -2.34. The molecule has 0 radical (unpaired) electrons. The fraction of sp³-hybridized carbons (Fsp3) is 0.947. The second-order valence-corrected chi connectivity index (χ2v) is 7.30. The highest BCUT2D eigenvalue weighted by Crippen LogP contribution is 2.20. The van der Waals surface area contributed by atoms with E-state index < -0.39 is 0 Å². The largest absolute Gasteiger partial charge is 0.382 e. The Labute approximate surface area is 177 Å². The molecule has 0 aromatic heterocycles. The molecular formula is C19H41IN4O2. The first-order valence-electron chi connectivity index (χ1n) is 9.89. The zero-order chi connectivity index (χ0) is 18.3. The van der Waals surface area contributed by atoms with Crippen molar-refractivity contribution in [2.45, 2.75) is 39.5 Å². The van der Waals surface area contributed by atoms with E-state index in [9.17, 15) is 0 Å². The second-order valence-electron chi connectivity index (χ2n) is 7.30. The van der Waals surface area contributed by atoms with E-state index in [1.807, 2.05) is 7.05 Å². The van der Waals surface area contributed by atoms with Gasteiger partial charge in [0.05, 0.1) is 13.2 Å². The third kappa shape index (κ3) is 13.1. The van der Waals surface area contributed by atoms with Gasteiger partial charge in [0.2, 0.25) is 0 Å². The molecular weight excluding hydrogens is 443 g/mol. The highest BCUT2D eigenvalue weighted by Gasteiger charge is 2.20. The topological polar surface area (TPSA) is 58.1 Å². The Balaban J connectivity index is 0.00000625. The van der Waals surface area contributed by atoms with Crippen molar-refractivity contribution in [2.75, 3.05) is 66.7 Å². The maximum atomic E-state index is 5.45. The summed E-state index contributed by atoms with van der Waals surface area (Å²) in [5.41, 5.74) is 0. The molecule has 0 amide bonds. The lowest BCUT2D eigenvalue weighted by atomic mass is 9.92. The third-order valence-corrected chi connectivity index (χ3v) is 4.55. The first-order chi connectivity index (χ1) is 12.2. The normalized spacial score (nSPS) is 21.3. The van der Waals surface area contributed by atoms with Crippen LogP contribution in [0, 0.1) is 11.8 Å². The van der Waals surface area contributed by atoms with Crippen LogP contribution in [-0.4, -0.2) is 77.6 Å². The first kappa shape index (κ1) is 25.9. The number of likely N-dealkylation sites (tertiary alicyclic amines) is 1. The molecule has 6 nitrogen and oxygen atoms in total. The van der Waals surface area contributed by atoms with Gasteiger partial charge in [-0.2, -0.15) is 0 Å². The van der Waals surface area contributed by atoms with Crippen LogP contribution in [0.3, 0.4) is 0 Å². The van der Waals surface area contributed by atoms with Gasteiger partial charge in [-0.15, -0.1) is 24.0 Å². The molecule has 1 heterocycles. The highest BCUT2D eigenvalue weighted by atomic mass is 127. The van der Waals surface area contributed by atoms with Crippen LogP contribution in [0.4, 0.5) is 0 Å². The number of piperidine rings is 1. The van der Waals surface area contributed by atoms with Crippen LogP contribution in [-0.2, 0) is 9.47 Å². The average Bonchev–Trinajstić information content (AvgIpc) is 2.58. The average molecular weight is 484 g/mol. The van der Waals surface area contributed by atoms with Gasteiger partial charge in [-0.05, 0) is 44.1 Å². The number of hydrogen-bond acceptors (Lipinski definition) is 4. The van der Waals surface area contributed by atoms with Crippen LogP contribution in [0.1, 0.15) is 39.5 Å². The molecule has 1 fully saturated rings. The molecule has 2 N–H and O–H groups in total. The Kier molecular flexibility index (Phi) is 16.9. The van der Waals surface area contributed by atoms with Gasteiger partial charge in [-0.25, -0.2) is 0 Å². The van der Waals surface area contributed by atoms with Crippen molar-refractivity contribution >= 4 is 29.9 Å². The molecule has 156 valence electrons. The first-order valence-corrected chi connectivity index (χ1v) is 9.89. The molecule has 2 unspecified atom stereocenters. The zero-order valence-corrected chi connectivity index (χ0v) is 19.6. The molecule has 26 heavy (non-hydrogen) atoms. The summed E-state index contributed by atoms with van der Waals surface area (Å²) in [5, 5.41) is 6.72. The summed E-state index contributed by atoms with van der Waals surface area (Å²) in [6.45, 7) is 12.4. The number of methoxy groups -OCH3 is 1. The summed E-state index contributed by atoms with van der Waals surface area (Å²) >= 11 is 0. The molecule has 1 aliphatic rings. The maximum Gasteiger partial charge on any atom is 0.190 e. The van der Waals surface area contributed by atoms with E-state index in [1.165, 1.54) is 38.9 Å². The number of guanidine groups is 1. The fourth-order valence-corrected chi connectivity index (χ4v) is 3.49. The highest BCUT2D eigenvalue weighted by molar-refractivity contribution is 14.0. The summed E-state index contributed by atoms with van der Waals surface area (Å²) < 4.78 is 10.4. The number of aliphatic imine (C=N–C) groups is 1. The van der Waals surface area contributed by atoms with Crippen molar-refractivity contribution in [3.63, 3.8) is 0 Å². The Bertz CT molecular complexity index is 348. The number of halogens is 1. The van der Waals surface area contributed by atoms with Crippen molar-refractivity contribution in [2.24, 2.45) is 16.8 Å². The minimum absolute atomic E-state index is 0. The van der Waals surface area contributed by atoms with Crippen LogP contribution >= 0.6 is 24.0 Å². The molecule has 1 saturated heterocycles. The summed E-state index contributed by atoms with van der Waals surface area (Å²) in [7, 11) is 3.51. The van der Waals surface area contributed by atoms with Gasteiger partial charge >= 0.3 is 0 Å². The van der Waals surface area contributed by atoms with Crippen LogP contribution < -0.4 is 10.6 Å². The van der Waals surface area contributed by atoms with Gasteiger partial charge < -0.3 is 25.0 Å². The van der Waals surface area contributed by atoms with Crippen LogP contribution in [0.2, 0.25) is 0 Å². The Hall–Kier alpha value is -0.120. The van der Waals surface area contributed by atoms with Crippen molar-refractivity contribution in [3.8, 4) is 0 Å². The van der Waals surface area contributed by atoms with Gasteiger partial charge in [0, 0.05) is 46.9 Å². The van der Waals surface area contributed by atoms with Crippen LogP contribution in [0.15, 0.2) is 4.99 Å². The SMILES string of the molecule is CN=C(NCCCCN1CC(C)CC(C)C1)NCCCOCCOC.I. The molecule has 0 aromatic carbocycles. The molecule has 0 aromatic rings. The molecule has 1 rings (SSSR count). The van der Waals surface area contributed by atoms with E-state index in [4.69, 9.17) is 9.47 Å². The van der Waals surface area contributed by atoms with Gasteiger partial charge in [-0.1, -0.05) is 13.8 Å². The summed E-state index contributed by atoms with van der Waals surface area (Å²) in [5.74, 6) is 2.59. The molecule has 0 bridgehead atoms.